The Morgan fingerprint density at radius 2 is 2.17 bits per heavy atom. The van der Waals surface area contributed by atoms with Gasteiger partial charge in [-0.15, -0.1) is 10.2 Å². The Kier molecular flexibility index (Phi) is 4.59. The van der Waals surface area contributed by atoms with Gasteiger partial charge in [-0.05, 0) is 18.1 Å². The SMILES string of the molecule is CCCn1cnnc1CN(C)C(=O)C[C@H]1NC(=O)c2ccccc21. The summed E-state index contributed by atoms with van der Waals surface area (Å²) >= 11 is 0. The van der Waals surface area contributed by atoms with Gasteiger partial charge >= 0.3 is 0 Å². The van der Waals surface area contributed by atoms with Crippen LogP contribution in [0.4, 0.5) is 0 Å². The van der Waals surface area contributed by atoms with E-state index in [1.807, 2.05) is 22.8 Å². The molecule has 0 fully saturated rings. The van der Waals surface area contributed by atoms with E-state index in [0.29, 0.717) is 12.1 Å². The molecule has 1 N–H and O–H groups in total. The smallest absolute Gasteiger partial charge is 0.252 e. The molecule has 0 saturated carbocycles. The molecule has 24 heavy (non-hydrogen) atoms. The molecule has 0 saturated heterocycles. The fourth-order valence-electron chi connectivity index (χ4n) is 2.94. The van der Waals surface area contributed by atoms with Gasteiger partial charge in [0.05, 0.1) is 19.0 Å². The Hall–Kier alpha value is -2.70. The van der Waals surface area contributed by atoms with Crippen LogP contribution >= 0.6 is 0 Å². The number of hydrogen-bond acceptors (Lipinski definition) is 4. The molecule has 2 amide bonds. The summed E-state index contributed by atoms with van der Waals surface area (Å²) in [4.78, 5) is 26.1. The normalized spacial score (nSPS) is 15.9. The summed E-state index contributed by atoms with van der Waals surface area (Å²) in [6.45, 7) is 3.32. The second-order valence-electron chi connectivity index (χ2n) is 6.01. The van der Waals surface area contributed by atoms with Gasteiger partial charge < -0.3 is 14.8 Å². The lowest BCUT2D eigenvalue weighted by atomic mass is 10.0. The van der Waals surface area contributed by atoms with Gasteiger partial charge in [-0.2, -0.15) is 0 Å². The zero-order valence-corrected chi connectivity index (χ0v) is 13.9. The van der Waals surface area contributed by atoms with Crippen molar-refractivity contribution in [3.8, 4) is 0 Å². The quantitative estimate of drug-likeness (QED) is 0.872. The zero-order chi connectivity index (χ0) is 17.1. The molecule has 2 aromatic rings. The standard InChI is InChI=1S/C17H21N5O2/c1-3-8-22-11-18-20-15(22)10-21(2)16(23)9-14-12-6-4-5-7-13(12)17(24)19-14/h4-7,11,14H,3,8-10H2,1-2H3,(H,19,24)/t14-/m1/s1. The molecule has 3 rings (SSSR count). The Bertz CT molecular complexity index is 755. The first-order chi connectivity index (χ1) is 11.6. The monoisotopic (exact) mass is 327 g/mol. The van der Waals surface area contributed by atoms with E-state index in [1.165, 1.54) is 0 Å². The average molecular weight is 327 g/mol. The van der Waals surface area contributed by atoms with Crippen LogP contribution in [-0.2, 0) is 17.9 Å². The molecular formula is C17H21N5O2. The van der Waals surface area contributed by atoms with Gasteiger partial charge in [-0.3, -0.25) is 9.59 Å². The van der Waals surface area contributed by atoms with Gasteiger partial charge in [0.25, 0.3) is 5.91 Å². The van der Waals surface area contributed by atoms with Crippen molar-refractivity contribution in [2.24, 2.45) is 0 Å². The van der Waals surface area contributed by atoms with Gasteiger partial charge in [0, 0.05) is 19.2 Å². The number of amides is 2. The van der Waals surface area contributed by atoms with Crippen LogP contribution in [0.25, 0.3) is 0 Å². The molecule has 1 atom stereocenters. The summed E-state index contributed by atoms with van der Waals surface area (Å²) in [5.41, 5.74) is 1.54. The highest BCUT2D eigenvalue weighted by atomic mass is 16.2. The van der Waals surface area contributed by atoms with Crippen LogP contribution in [0.1, 0.15) is 47.6 Å². The highest BCUT2D eigenvalue weighted by molar-refractivity contribution is 5.99. The number of benzene rings is 1. The predicted molar refractivity (Wildman–Crippen MR) is 88.1 cm³/mol. The number of aryl methyl sites for hydroxylation is 1. The van der Waals surface area contributed by atoms with Crippen molar-refractivity contribution < 1.29 is 9.59 Å². The third-order valence-corrected chi connectivity index (χ3v) is 4.23. The molecule has 1 aromatic carbocycles. The highest BCUT2D eigenvalue weighted by Crippen LogP contribution is 2.27. The van der Waals surface area contributed by atoms with E-state index in [9.17, 15) is 9.59 Å². The molecule has 1 aliphatic rings. The molecular weight excluding hydrogens is 306 g/mol. The third kappa shape index (κ3) is 3.15. The number of nitrogens with one attached hydrogen (secondary N) is 1. The Morgan fingerprint density at radius 3 is 2.96 bits per heavy atom. The minimum atomic E-state index is -0.267. The summed E-state index contributed by atoms with van der Waals surface area (Å²) in [5, 5.41) is 10.9. The first-order valence-corrected chi connectivity index (χ1v) is 8.10. The molecule has 7 heteroatoms. The average Bonchev–Trinajstić information content (AvgIpc) is 3.13. The molecule has 0 spiro atoms. The Morgan fingerprint density at radius 1 is 1.38 bits per heavy atom. The number of rotatable bonds is 6. The minimum Gasteiger partial charge on any atom is -0.345 e. The van der Waals surface area contributed by atoms with Crippen molar-refractivity contribution in [3.05, 3.63) is 47.5 Å². The van der Waals surface area contributed by atoms with E-state index in [2.05, 4.69) is 22.4 Å². The fraction of sp³-hybridized carbons (Fsp3) is 0.412. The van der Waals surface area contributed by atoms with E-state index < -0.39 is 0 Å². The lowest BCUT2D eigenvalue weighted by molar-refractivity contribution is -0.131. The van der Waals surface area contributed by atoms with Crippen molar-refractivity contribution in [1.29, 1.82) is 0 Å². The van der Waals surface area contributed by atoms with Crippen LogP contribution in [0, 0.1) is 0 Å². The first kappa shape index (κ1) is 16.2. The molecule has 126 valence electrons. The number of hydrogen-bond donors (Lipinski definition) is 1. The summed E-state index contributed by atoms with van der Waals surface area (Å²) in [7, 11) is 1.75. The van der Waals surface area contributed by atoms with E-state index >= 15 is 0 Å². The van der Waals surface area contributed by atoms with E-state index in [-0.39, 0.29) is 24.3 Å². The van der Waals surface area contributed by atoms with Gasteiger partial charge in [0.15, 0.2) is 5.82 Å². The molecule has 7 nitrogen and oxygen atoms in total. The number of aromatic nitrogens is 3. The van der Waals surface area contributed by atoms with Crippen molar-refractivity contribution >= 4 is 11.8 Å². The number of fused-ring (bicyclic) bond motifs is 1. The minimum absolute atomic E-state index is 0.0388. The van der Waals surface area contributed by atoms with Crippen LogP contribution in [-0.4, -0.2) is 38.5 Å². The maximum Gasteiger partial charge on any atom is 0.252 e. The predicted octanol–water partition coefficient (Wildman–Crippen LogP) is 1.52. The summed E-state index contributed by atoms with van der Waals surface area (Å²) < 4.78 is 1.95. The summed E-state index contributed by atoms with van der Waals surface area (Å²) in [6, 6.07) is 7.12. The Balaban J connectivity index is 1.65. The Labute approximate surface area is 140 Å². The van der Waals surface area contributed by atoms with Crippen LogP contribution in [0.15, 0.2) is 30.6 Å². The van der Waals surface area contributed by atoms with E-state index in [4.69, 9.17) is 0 Å². The molecule has 0 aliphatic carbocycles. The topological polar surface area (TPSA) is 80.1 Å². The van der Waals surface area contributed by atoms with Crippen LogP contribution in [0.3, 0.4) is 0 Å². The molecule has 0 unspecified atom stereocenters. The second-order valence-corrected chi connectivity index (χ2v) is 6.01. The highest BCUT2D eigenvalue weighted by Gasteiger charge is 2.30. The molecule has 1 aliphatic heterocycles. The second kappa shape index (κ2) is 6.82. The maximum atomic E-state index is 12.5. The molecule has 1 aromatic heterocycles. The summed E-state index contributed by atoms with van der Waals surface area (Å²) in [5.74, 6) is 0.611. The van der Waals surface area contributed by atoms with Crippen molar-refractivity contribution in [1.82, 2.24) is 25.0 Å². The third-order valence-electron chi connectivity index (χ3n) is 4.23. The molecule has 0 bridgehead atoms. The van der Waals surface area contributed by atoms with Crippen molar-refractivity contribution in [2.45, 2.75) is 38.9 Å². The fourth-order valence-corrected chi connectivity index (χ4v) is 2.94. The van der Waals surface area contributed by atoms with Gasteiger partial charge in [-0.25, -0.2) is 0 Å². The van der Waals surface area contributed by atoms with Gasteiger partial charge in [-0.1, -0.05) is 25.1 Å². The van der Waals surface area contributed by atoms with E-state index in [1.54, 1.807) is 24.3 Å². The molecule has 0 radical (unpaired) electrons. The van der Waals surface area contributed by atoms with Crippen LogP contribution < -0.4 is 5.32 Å². The maximum absolute atomic E-state index is 12.5. The van der Waals surface area contributed by atoms with Crippen LogP contribution in [0.5, 0.6) is 0 Å². The summed E-state index contributed by atoms with van der Waals surface area (Å²) in [6.07, 6.45) is 2.90. The number of carbonyl (C=O) groups is 2. The van der Waals surface area contributed by atoms with E-state index in [0.717, 1.165) is 24.4 Å². The van der Waals surface area contributed by atoms with Crippen LogP contribution in [0.2, 0.25) is 0 Å². The lowest BCUT2D eigenvalue weighted by Crippen LogP contribution is -2.31. The van der Waals surface area contributed by atoms with Gasteiger partial charge in [0.1, 0.15) is 6.33 Å². The number of nitrogens with zero attached hydrogens (tertiary/aromatic N) is 4. The lowest BCUT2D eigenvalue weighted by Gasteiger charge is -2.19. The zero-order valence-electron chi connectivity index (χ0n) is 13.9. The van der Waals surface area contributed by atoms with Gasteiger partial charge in [0.2, 0.25) is 5.91 Å². The number of carbonyl (C=O) groups excluding carboxylic acids is 2. The molecule has 2 heterocycles. The van der Waals surface area contributed by atoms with Crippen molar-refractivity contribution in [3.63, 3.8) is 0 Å². The van der Waals surface area contributed by atoms with Crippen molar-refractivity contribution in [2.75, 3.05) is 7.05 Å². The first-order valence-electron chi connectivity index (χ1n) is 8.10. The largest absolute Gasteiger partial charge is 0.345 e.